The summed E-state index contributed by atoms with van der Waals surface area (Å²) in [6.07, 6.45) is 6.93. The molecule has 1 aliphatic rings. The van der Waals surface area contributed by atoms with Crippen LogP contribution in [0.1, 0.15) is 32.6 Å². The summed E-state index contributed by atoms with van der Waals surface area (Å²) in [5, 5.41) is 3.69. The van der Waals surface area contributed by atoms with Gasteiger partial charge in [0, 0.05) is 12.6 Å². The Morgan fingerprint density at radius 2 is 2.67 bits per heavy atom. The predicted molar refractivity (Wildman–Crippen MR) is 37.5 cm³/mol. The fraction of sp³-hybridized carbons (Fsp3) is 0.857. The summed E-state index contributed by atoms with van der Waals surface area (Å²) in [6.45, 7) is 2.19. The summed E-state index contributed by atoms with van der Waals surface area (Å²) in [4.78, 5) is 5.02. The fourth-order valence-corrected chi connectivity index (χ4v) is 0.935. The van der Waals surface area contributed by atoms with Crippen LogP contribution in [0.25, 0.3) is 0 Å². The van der Waals surface area contributed by atoms with Crippen LogP contribution in [0, 0.1) is 0 Å². The molecule has 0 N–H and O–H groups in total. The first-order valence-corrected chi connectivity index (χ1v) is 3.61. The summed E-state index contributed by atoms with van der Waals surface area (Å²) >= 11 is 0. The predicted octanol–water partition coefficient (Wildman–Crippen LogP) is 1.95. The molecule has 0 spiro atoms. The minimum absolute atomic E-state index is 0.393. The molecule has 1 heterocycles. The Bertz CT molecular complexity index is 93.1. The molecule has 0 bridgehead atoms. The maximum atomic E-state index is 5.02. The van der Waals surface area contributed by atoms with E-state index in [1.165, 1.54) is 12.8 Å². The molecule has 52 valence electrons. The van der Waals surface area contributed by atoms with E-state index in [9.17, 15) is 0 Å². The van der Waals surface area contributed by atoms with E-state index >= 15 is 0 Å². The molecule has 0 unspecified atom stereocenters. The van der Waals surface area contributed by atoms with Crippen molar-refractivity contribution in [2.75, 3.05) is 0 Å². The fourth-order valence-electron chi connectivity index (χ4n) is 0.935. The highest BCUT2D eigenvalue weighted by Gasteiger charge is 2.10. The minimum atomic E-state index is 0.393. The first-order chi connectivity index (χ1) is 4.43. The number of oxime groups is 1. The number of rotatable bonds is 3. The molecule has 9 heavy (non-hydrogen) atoms. The lowest BCUT2D eigenvalue weighted by Crippen LogP contribution is -2.03. The van der Waals surface area contributed by atoms with E-state index in [1.54, 1.807) is 0 Å². The summed E-state index contributed by atoms with van der Waals surface area (Å²) in [6, 6.07) is 0. The Hall–Kier alpha value is -0.530. The van der Waals surface area contributed by atoms with Crippen molar-refractivity contribution < 1.29 is 4.84 Å². The second kappa shape index (κ2) is 3.49. The average Bonchev–Trinajstić information content (AvgIpc) is 2.34. The van der Waals surface area contributed by atoms with Gasteiger partial charge in [-0.05, 0) is 12.8 Å². The van der Waals surface area contributed by atoms with Gasteiger partial charge < -0.3 is 4.84 Å². The normalized spacial score (nSPS) is 24.3. The molecule has 2 nitrogen and oxygen atoms in total. The highest BCUT2D eigenvalue weighted by molar-refractivity contribution is 5.58. The maximum Gasteiger partial charge on any atom is 0.132 e. The topological polar surface area (TPSA) is 21.6 Å². The summed E-state index contributed by atoms with van der Waals surface area (Å²) in [7, 11) is 0. The van der Waals surface area contributed by atoms with Crippen LogP contribution in [-0.4, -0.2) is 12.3 Å². The lowest BCUT2D eigenvalue weighted by molar-refractivity contribution is 0.0775. The van der Waals surface area contributed by atoms with Crippen molar-refractivity contribution in [3.05, 3.63) is 0 Å². The lowest BCUT2D eigenvalue weighted by Gasteiger charge is -2.04. The first kappa shape index (κ1) is 6.59. The quantitative estimate of drug-likeness (QED) is 0.567. The molecule has 0 saturated carbocycles. The van der Waals surface area contributed by atoms with Crippen LogP contribution in [0.15, 0.2) is 5.16 Å². The van der Waals surface area contributed by atoms with Crippen LogP contribution in [0.2, 0.25) is 0 Å². The van der Waals surface area contributed by atoms with E-state index < -0.39 is 0 Å². The highest BCUT2D eigenvalue weighted by Crippen LogP contribution is 2.11. The van der Waals surface area contributed by atoms with Gasteiger partial charge in [-0.3, -0.25) is 0 Å². The van der Waals surface area contributed by atoms with Crippen LogP contribution in [0.5, 0.6) is 0 Å². The van der Waals surface area contributed by atoms with E-state index in [4.69, 9.17) is 4.84 Å². The van der Waals surface area contributed by atoms with Crippen molar-refractivity contribution in [2.24, 2.45) is 5.16 Å². The third-order valence-electron chi connectivity index (χ3n) is 1.53. The van der Waals surface area contributed by atoms with Gasteiger partial charge in [-0.1, -0.05) is 18.5 Å². The molecule has 1 aliphatic heterocycles. The standard InChI is InChI=1S/C7H13NO/c1-2-3-4-7-5-6-8-9-7/h6-7H,2-5H2,1H3/t7-/m0/s1. The Balaban J connectivity index is 2.01. The van der Waals surface area contributed by atoms with Crippen LogP contribution in [0.3, 0.4) is 0 Å². The molecular formula is C7H13NO. The van der Waals surface area contributed by atoms with Crippen LogP contribution >= 0.6 is 0 Å². The third-order valence-corrected chi connectivity index (χ3v) is 1.53. The largest absolute Gasteiger partial charge is 0.392 e. The molecule has 0 radical (unpaired) electrons. The van der Waals surface area contributed by atoms with Gasteiger partial charge in [0.1, 0.15) is 6.10 Å². The third kappa shape index (κ3) is 2.04. The molecule has 0 amide bonds. The lowest BCUT2D eigenvalue weighted by atomic mass is 10.1. The zero-order chi connectivity index (χ0) is 6.53. The molecule has 1 atom stereocenters. The van der Waals surface area contributed by atoms with Gasteiger partial charge in [0.15, 0.2) is 0 Å². The molecule has 0 aromatic carbocycles. The van der Waals surface area contributed by atoms with Crippen LogP contribution in [0.4, 0.5) is 0 Å². The van der Waals surface area contributed by atoms with Crippen molar-refractivity contribution in [1.82, 2.24) is 0 Å². The molecule has 0 fully saturated rings. The Morgan fingerprint density at radius 3 is 3.22 bits per heavy atom. The van der Waals surface area contributed by atoms with Gasteiger partial charge >= 0.3 is 0 Å². The van der Waals surface area contributed by atoms with Crippen LogP contribution in [-0.2, 0) is 4.84 Å². The zero-order valence-electron chi connectivity index (χ0n) is 5.84. The Kier molecular flexibility index (Phi) is 2.55. The summed E-state index contributed by atoms with van der Waals surface area (Å²) in [5.74, 6) is 0. The van der Waals surface area contributed by atoms with E-state index in [1.807, 2.05) is 6.21 Å². The smallest absolute Gasteiger partial charge is 0.132 e. The molecule has 0 aromatic heterocycles. The summed E-state index contributed by atoms with van der Waals surface area (Å²) < 4.78 is 0. The summed E-state index contributed by atoms with van der Waals surface area (Å²) in [5.41, 5.74) is 0. The molecule has 0 saturated heterocycles. The van der Waals surface area contributed by atoms with E-state index in [2.05, 4.69) is 12.1 Å². The van der Waals surface area contributed by atoms with Crippen molar-refractivity contribution >= 4 is 6.21 Å². The average molecular weight is 127 g/mol. The van der Waals surface area contributed by atoms with Gasteiger partial charge in [-0.2, -0.15) is 0 Å². The van der Waals surface area contributed by atoms with Crippen molar-refractivity contribution in [3.63, 3.8) is 0 Å². The second-order valence-corrected chi connectivity index (χ2v) is 2.39. The number of unbranched alkanes of at least 4 members (excludes halogenated alkanes) is 1. The molecule has 0 aromatic rings. The van der Waals surface area contributed by atoms with Crippen molar-refractivity contribution in [3.8, 4) is 0 Å². The first-order valence-electron chi connectivity index (χ1n) is 3.61. The van der Waals surface area contributed by atoms with Gasteiger partial charge in [-0.15, -0.1) is 0 Å². The molecular weight excluding hydrogens is 114 g/mol. The van der Waals surface area contributed by atoms with E-state index in [-0.39, 0.29) is 0 Å². The second-order valence-electron chi connectivity index (χ2n) is 2.39. The minimum Gasteiger partial charge on any atom is -0.392 e. The van der Waals surface area contributed by atoms with Gasteiger partial charge in [0.05, 0.1) is 0 Å². The molecule has 1 rings (SSSR count). The Labute approximate surface area is 55.9 Å². The van der Waals surface area contributed by atoms with E-state index in [0.29, 0.717) is 6.10 Å². The van der Waals surface area contributed by atoms with Gasteiger partial charge in [0.25, 0.3) is 0 Å². The van der Waals surface area contributed by atoms with E-state index in [0.717, 1.165) is 12.8 Å². The zero-order valence-corrected chi connectivity index (χ0v) is 5.84. The highest BCUT2D eigenvalue weighted by atomic mass is 16.6. The number of hydrogen-bond donors (Lipinski definition) is 0. The van der Waals surface area contributed by atoms with Gasteiger partial charge in [0.2, 0.25) is 0 Å². The van der Waals surface area contributed by atoms with Crippen LogP contribution < -0.4 is 0 Å². The number of nitrogens with zero attached hydrogens (tertiary/aromatic N) is 1. The van der Waals surface area contributed by atoms with Crippen molar-refractivity contribution in [2.45, 2.75) is 38.7 Å². The Morgan fingerprint density at radius 1 is 1.78 bits per heavy atom. The van der Waals surface area contributed by atoms with Gasteiger partial charge in [-0.25, -0.2) is 0 Å². The SMILES string of the molecule is CCCC[C@H]1CC=NO1. The number of hydrogen-bond acceptors (Lipinski definition) is 2. The molecule has 2 heteroatoms. The molecule has 0 aliphatic carbocycles. The maximum absolute atomic E-state index is 5.02. The van der Waals surface area contributed by atoms with Crippen molar-refractivity contribution in [1.29, 1.82) is 0 Å². The monoisotopic (exact) mass is 127 g/mol.